The van der Waals surface area contributed by atoms with Crippen molar-refractivity contribution in [2.75, 3.05) is 18.5 Å². The number of aromatic nitrogens is 2. The maximum Gasteiger partial charge on any atom is 0.267 e. The molecule has 0 atom stereocenters. The molecule has 23 heavy (non-hydrogen) atoms. The molecule has 1 N–H and O–H groups in total. The van der Waals surface area contributed by atoms with E-state index in [9.17, 15) is 8.42 Å². The summed E-state index contributed by atoms with van der Waals surface area (Å²) in [5.41, 5.74) is 0.656. The number of hydrogen-bond donors (Lipinski definition) is 1. The summed E-state index contributed by atoms with van der Waals surface area (Å²) in [4.78, 5) is 7.25. The van der Waals surface area contributed by atoms with E-state index in [1.165, 1.54) is 20.4 Å². The standard InChI is InChI=1S/C15H14ClN3O3S/c1-19(14-4-3-5-15(18-14)22-2)23(20,21)13-9-17-12-8-10(16)6-7-11(12)13/h3-9,17H,1-2H3. The summed E-state index contributed by atoms with van der Waals surface area (Å²) in [5.74, 6) is 0.614. The Labute approximate surface area is 138 Å². The average molecular weight is 352 g/mol. The summed E-state index contributed by atoms with van der Waals surface area (Å²) in [6.45, 7) is 0. The van der Waals surface area contributed by atoms with Crippen LogP contribution in [0.5, 0.6) is 5.88 Å². The molecular formula is C15H14ClN3O3S. The number of pyridine rings is 1. The molecule has 8 heteroatoms. The topological polar surface area (TPSA) is 75.3 Å². The SMILES string of the molecule is COc1cccc(N(C)S(=O)(=O)c2c[nH]c3cc(Cl)ccc23)n1. The van der Waals surface area contributed by atoms with E-state index in [1.807, 2.05) is 0 Å². The highest BCUT2D eigenvalue weighted by Crippen LogP contribution is 2.29. The van der Waals surface area contributed by atoms with Gasteiger partial charge in [-0.2, -0.15) is 4.98 Å². The van der Waals surface area contributed by atoms with Gasteiger partial charge in [-0.05, 0) is 24.3 Å². The molecule has 0 unspecified atom stereocenters. The Morgan fingerprint density at radius 3 is 2.78 bits per heavy atom. The third-order valence-electron chi connectivity index (χ3n) is 3.48. The van der Waals surface area contributed by atoms with Gasteiger partial charge >= 0.3 is 0 Å². The second kappa shape index (κ2) is 5.75. The molecule has 0 saturated carbocycles. The van der Waals surface area contributed by atoms with E-state index in [4.69, 9.17) is 16.3 Å². The second-order valence-corrected chi connectivity index (χ2v) is 7.23. The number of hydrogen-bond acceptors (Lipinski definition) is 4. The first-order chi connectivity index (χ1) is 10.9. The lowest BCUT2D eigenvalue weighted by Gasteiger charge is -2.18. The van der Waals surface area contributed by atoms with Gasteiger partial charge in [-0.3, -0.25) is 4.31 Å². The lowest BCUT2D eigenvalue weighted by Crippen LogP contribution is -2.27. The summed E-state index contributed by atoms with van der Waals surface area (Å²) in [6.07, 6.45) is 1.45. The van der Waals surface area contributed by atoms with Crippen LogP contribution in [0.15, 0.2) is 47.5 Å². The van der Waals surface area contributed by atoms with Crippen LogP contribution in [-0.4, -0.2) is 32.5 Å². The van der Waals surface area contributed by atoms with Gasteiger partial charge in [0.05, 0.1) is 7.11 Å². The number of ether oxygens (including phenoxy) is 1. The van der Waals surface area contributed by atoms with Gasteiger partial charge in [-0.25, -0.2) is 8.42 Å². The van der Waals surface area contributed by atoms with E-state index in [0.717, 1.165) is 4.31 Å². The van der Waals surface area contributed by atoms with Gasteiger partial charge in [0.2, 0.25) is 5.88 Å². The molecule has 3 rings (SSSR count). The first kappa shape index (κ1) is 15.6. The van der Waals surface area contributed by atoms with E-state index in [0.29, 0.717) is 21.8 Å². The Kier molecular flexibility index (Phi) is 3.91. The van der Waals surface area contributed by atoms with E-state index in [2.05, 4.69) is 9.97 Å². The molecule has 0 saturated heterocycles. The van der Waals surface area contributed by atoms with Crippen molar-refractivity contribution < 1.29 is 13.2 Å². The molecule has 1 aromatic carbocycles. The molecule has 0 aliphatic carbocycles. The normalized spacial score (nSPS) is 11.6. The maximum atomic E-state index is 12.9. The van der Waals surface area contributed by atoms with E-state index >= 15 is 0 Å². The number of anilines is 1. The fourth-order valence-corrected chi connectivity index (χ4v) is 3.73. The zero-order chi connectivity index (χ0) is 16.6. The van der Waals surface area contributed by atoms with Crippen LogP contribution in [0.1, 0.15) is 0 Å². The fourth-order valence-electron chi connectivity index (χ4n) is 2.25. The number of aromatic amines is 1. The number of nitrogens with one attached hydrogen (secondary N) is 1. The minimum absolute atomic E-state index is 0.163. The number of halogens is 1. The highest BCUT2D eigenvalue weighted by atomic mass is 35.5. The zero-order valence-corrected chi connectivity index (χ0v) is 14.0. The largest absolute Gasteiger partial charge is 0.481 e. The minimum Gasteiger partial charge on any atom is -0.481 e. The Bertz CT molecular complexity index is 969. The van der Waals surface area contributed by atoms with Crippen molar-refractivity contribution in [3.05, 3.63) is 47.6 Å². The number of nitrogens with zero attached hydrogens (tertiary/aromatic N) is 2. The van der Waals surface area contributed by atoms with Crippen molar-refractivity contribution in [1.82, 2.24) is 9.97 Å². The first-order valence-electron chi connectivity index (χ1n) is 6.70. The maximum absolute atomic E-state index is 12.9. The summed E-state index contributed by atoms with van der Waals surface area (Å²) in [7, 11) is -0.846. The monoisotopic (exact) mass is 351 g/mol. The number of benzene rings is 1. The Morgan fingerprint density at radius 1 is 1.26 bits per heavy atom. The van der Waals surface area contributed by atoms with E-state index < -0.39 is 10.0 Å². The molecule has 0 aliphatic rings. The molecule has 0 bridgehead atoms. The predicted octanol–water partition coefficient (Wildman–Crippen LogP) is 3.05. The molecule has 2 aromatic heterocycles. The van der Waals surface area contributed by atoms with Crippen LogP contribution in [0.4, 0.5) is 5.82 Å². The van der Waals surface area contributed by atoms with Crippen LogP contribution in [0.3, 0.4) is 0 Å². The summed E-state index contributed by atoms with van der Waals surface area (Å²) < 4.78 is 31.9. The smallest absolute Gasteiger partial charge is 0.267 e. The molecule has 3 aromatic rings. The van der Waals surface area contributed by atoms with Gasteiger partial charge in [0.15, 0.2) is 0 Å². The van der Waals surface area contributed by atoms with Crippen molar-refractivity contribution in [2.24, 2.45) is 0 Å². The lowest BCUT2D eigenvalue weighted by atomic mass is 10.2. The number of methoxy groups -OCH3 is 1. The van der Waals surface area contributed by atoms with Crippen LogP contribution in [0.2, 0.25) is 5.02 Å². The molecular weight excluding hydrogens is 338 g/mol. The van der Waals surface area contributed by atoms with Gasteiger partial charge in [0.25, 0.3) is 10.0 Å². The van der Waals surface area contributed by atoms with Crippen molar-refractivity contribution in [3.8, 4) is 5.88 Å². The summed E-state index contributed by atoms with van der Waals surface area (Å²) in [5, 5.41) is 1.11. The summed E-state index contributed by atoms with van der Waals surface area (Å²) in [6, 6.07) is 9.94. The van der Waals surface area contributed by atoms with E-state index in [-0.39, 0.29) is 10.7 Å². The fraction of sp³-hybridized carbons (Fsp3) is 0.133. The number of rotatable bonds is 4. The van der Waals surface area contributed by atoms with Gasteiger partial charge in [-0.15, -0.1) is 0 Å². The highest BCUT2D eigenvalue weighted by Gasteiger charge is 2.25. The van der Waals surface area contributed by atoms with Crippen LogP contribution >= 0.6 is 11.6 Å². The Hall–Kier alpha value is -2.25. The van der Waals surface area contributed by atoms with Gasteiger partial charge < -0.3 is 9.72 Å². The molecule has 120 valence electrons. The van der Waals surface area contributed by atoms with Gasteiger partial charge in [0.1, 0.15) is 10.7 Å². The molecule has 0 amide bonds. The number of H-pyrrole nitrogens is 1. The van der Waals surface area contributed by atoms with Crippen molar-refractivity contribution in [2.45, 2.75) is 4.90 Å². The van der Waals surface area contributed by atoms with Gasteiger partial charge in [-0.1, -0.05) is 17.7 Å². The van der Waals surface area contributed by atoms with Crippen LogP contribution < -0.4 is 9.04 Å². The Morgan fingerprint density at radius 2 is 2.04 bits per heavy atom. The average Bonchev–Trinajstić information content (AvgIpc) is 2.97. The van der Waals surface area contributed by atoms with Gasteiger partial charge in [0, 0.05) is 35.2 Å². The second-order valence-electron chi connectivity index (χ2n) is 4.85. The molecule has 0 fully saturated rings. The first-order valence-corrected chi connectivity index (χ1v) is 8.52. The quantitative estimate of drug-likeness (QED) is 0.783. The van der Waals surface area contributed by atoms with Crippen LogP contribution in [0, 0.1) is 0 Å². The predicted molar refractivity (Wildman–Crippen MR) is 89.7 cm³/mol. The highest BCUT2D eigenvalue weighted by molar-refractivity contribution is 7.93. The van der Waals surface area contributed by atoms with Crippen molar-refractivity contribution in [1.29, 1.82) is 0 Å². The van der Waals surface area contributed by atoms with Crippen molar-refractivity contribution >= 4 is 38.3 Å². The Balaban J connectivity index is 2.09. The molecule has 2 heterocycles. The van der Waals surface area contributed by atoms with Crippen LogP contribution in [0.25, 0.3) is 10.9 Å². The molecule has 0 aliphatic heterocycles. The zero-order valence-electron chi connectivity index (χ0n) is 12.4. The molecule has 0 spiro atoms. The third kappa shape index (κ3) is 2.73. The van der Waals surface area contributed by atoms with Crippen LogP contribution in [-0.2, 0) is 10.0 Å². The lowest BCUT2D eigenvalue weighted by molar-refractivity contribution is 0.398. The number of sulfonamides is 1. The third-order valence-corrected chi connectivity index (χ3v) is 5.52. The minimum atomic E-state index is -3.77. The number of fused-ring (bicyclic) bond motifs is 1. The molecule has 6 nitrogen and oxygen atoms in total. The van der Waals surface area contributed by atoms with E-state index in [1.54, 1.807) is 36.4 Å². The summed E-state index contributed by atoms with van der Waals surface area (Å²) >= 11 is 5.93. The molecule has 0 radical (unpaired) electrons. The van der Waals surface area contributed by atoms with Crippen molar-refractivity contribution in [3.63, 3.8) is 0 Å².